The molecule has 0 bridgehead atoms. The van der Waals surface area contributed by atoms with E-state index < -0.39 is 0 Å². The van der Waals surface area contributed by atoms with Gasteiger partial charge in [-0.1, -0.05) is 26.2 Å². The first-order valence-corrected chi connectivity index (χ1v) is 6.64. The summed E-state index contributed by atoms with van der Waals surface area (Å²) in [6.07, 6.45) is 7.90. The van der Waals surface area contributed by atoms with E-state index in [9.17, 15) is 0 Å². The van der Waals surface area contributed by atoms with Crippen molar-refractivity contribution >= 4 is 0 Å². The summed E-state index contributed by atoms with van der Waals surface area (Å²) in [5, 5.41) is 3.66. The van der Waals surface area contributed by atoms with Crippen LogP contribution >= 0.6 is 0 Å². The summed E-state index contributed by atoms with van der Waals surface area (Å²) in [7, 11) is 0. The summed E-state index contributed by atoms with van der Waals surface area (Å²) in [5.41, 5.74) is 0. The molecule has 1 N–H and O–H groups in total. The van der Waals surface area contributed by atoms with Crippen LogP contribution in [-0.2, 0) is 4.74 Å². The minimum absolute atomic E-state index is 0.694. The summed E-state index contributed by atoms with van der Waals surface area (Å²) >= 11 is 0. The van der Waals surface area contributed by atoms with Gasteiger partial charge in [0.1, 0.15) is 0 Å². The Bertz CT molecular complexity index is 143. The van der Waals surface area contributed by atoms with Crippen LogP contribution in [0, 0.1) is 5.92 Å². The number of hydrogen-bond acceptors (Lipinski definition) is 2. The molecule has 0 saturated carbocycles. The van der Waals surface area contributed by atoms with E-state index in [2.05, 4.69) is 19.2 Å². The first kappa shape index (κ1) is 13.0. The van der Waals surface area contributed by atoms with Gasteiger partial charge < -0.3 is 10.1 Å². The molecule has 0 aliphatic carbocycles. The van der Waals surface area contributed by atoms with E-state index in [0.717, 1.165) is 19.1 Å². The first-order chi connectivity index (χ1) is 7.33. The monoisotopic (exact) mass is 213 g/mol. The van der Waals surface area contributed by atoms with Gasteiger partial charge in [-0.25, -0.2) is 0 Å². The van der Waals surface area contributed by atoms with Gasteiger partial charge in [0.25, 0.3) is 0 Å². The molecule has 1 rings (SSSR count). The third-order valence-electron chi connectivity index (χ3n) is 3.34. The minimum atomic E-state index is 0.694. The molecule has 2 heteroatoms. The van der Waals surface area contributed by atoms with E-state index in [1.54, 1.807) is 0 Å². The Morgan fingerprint density at radius 2 is 2.00 bits per heavy atom. The number of hydrogen-bond donors (Lipinski definition) is 1. The van der Waals surface area contributed by atoms with Crippen LogP contribution in [0.2, 0.25) is 0 Å². The summed E-state index contributed by atoms with van der Waals surface area (Å²) in [5.74, 6) is 0.854. The molecule has 1 saturated heterocycles. The fourth-order valence-corrected chi connectivity index (χ4v) is 2.12. The molecule has 1 fully saturated rings. The molecule has 0 amide bonds. The normalized spacial score (nSPS) is 20.4. The fourth-order valence-electron chi connectivity index (χ4n) is 2.12. The molecular weight excluding hydrogens is 186 g/mol. The SMILES string of the molecule is CCCCCC(C)NCC1CCOCC1. The smallest absolute Gasteiger partial charge is 0.0469 e. The van der Waals surface area contributed by atoms with Crippen molar-refractivity contribution in [1.82, 2.24) is 5.32 Å². The lowest BCUT2D eigenvalue weighted by Crippen LogP contribution is -2.33. The number of ether oxygens (including phenoxy) is 1. The molecule has 1 unspecified atom stereocenters. The van der Waals surface area contributed by atoms with Crippen molar-refractivity contribution in [2.24, 2.45) is 5.92 Å². The third-order valence-corrected chi connectivity index (χ3v) is 3.34. The number of rotatable bonds is 7. The highest BCUT2D eigenvalue weighted by Gasteiger charge is 2.14. The van der Waals surface area contributed by atoms with Crippen LogP contribution in [0.25, 0.3) is 0 Å². The molecule has 2 nitrogen and oxygen atoms in total. The molecule has 0 spiro atoms. The summed E-state index contributed by atoms with van der Waals surface area (Å²) in [4.78, 5) is 0. The average Bonchev–Trinajstić information content (AvgIpc) is 2.28. The predicted octanol–water partition coefficient (Wildman–Crippen LogP) is 2.97. The predicted molar refractivity (Wildman–Crippen MR) is 65.1 cm³/mol. The molecule has 0 aromatic carbocycles. The lowest BCUT2D eigenvalue weighted by atomic mass is 9.99. The van der Waals surface area contributed by atoms with Gasteiger partial charge >= 0.3 is 0 Å². The van der Waals surface area contributed by atoms with Crippen LogP contribution in [0.1, 0.15) is 52.4 Å². The molecule has 0 aromatic rings. The van der Waals surface area contributed by atoms with Crippen LogP contribution in [0.5, 0.6) is 0 Å². The molecular formula is C13H27NO. The second-order valence-corrected chi connectivity index (χ2v) is 4.86. The Kier molecular flexibility index (Phi) is 7.03. The maximum Gasteiger partial charge on any atom is 0.0469 e. The van der Waals surface area contributed by atoms with Crippen molar-refractivity contribution in [2.75, 3.05) is 19.8 Å². The summed E-state index contributed by atoms with van der Waals surface area (Å²) in [6, 6.07) is 0.694. The number of unbranched alkanes of at least 4 members (excludes halogenated alkanes) is 2. The van der Waals surface area contributed by atoms with Gasteiger partial charge in [-0.05, 0) is 38.6 Å². The number of nitrogens with one attached hydrogen (secondary N) is 1. The zero-order valence-corrected chi connectivity index (χ0v) is 10.4. The Morgan fingerprint density at radius 3 is 2.67 bits per heavy atom. The molecule has 15 heavy (non-hydrogen) atoms. The molecule has 1 aliphatic rings. The molecule has 1 aliphatic heterocycles. The first-order valence-electron chi connectivity index (χ1n) is 6.64. The van der Waals surface area contributed by atoms with Crippen molar-refractivity contribution in [3.05, 3.63) is 0 Å². The highest BCUT2D eigenvalue weighted by Crippen LogP contribution is 2.13. The Labute approximate surface area is 94.8 Å². The molecule has 1 heterocycles. The fraction of sp³-hybridized carbons (Fsp3) is 1.00. The van der Waals surface area contributed by atoms with Crippen molar-refractivity contribution < 1.29 is 4.74 Å². The van der Waals surface area contributed by atoms with Crippen molar-refractivity contribution in [1.29, 1.82) is 0 Å². The zero-order valence-electron chi connectivity index (χ0n) is 10.4. The lowest BCUT2D eigenvalue weighted by molar-refractivity contribution is 0.0655. The molecule has 0 radical (unpaired) electrons. The molecule has 0 aromatic heterocycles. The minimum Gasteiger partial charge on any atom is -0.381 e. The van der Waals surface area contributed by atoms with Crippen molar-refractivity contribution in [2.45, 2.75) is 58.4 Å². The second kappa shape index (κ2) is 8.12. The Hall–Kier alpha value is -0.0800. The largest absolute Gasteiger partial charge is 0.381 e. The van der Waals surface area contributed by atoms with E-state index in [1.165, 1.54) is 45.1 Å². The molecule has 90 valence electrons. The third kappa shape index (κ3) is 6.16. The zero-order chi connectivity index (χ0) is 10.9. The van der Waals surface area contributed by atoms with Crippen LogP contribution in [-0.4, -0.2) is 25.8 Å². The van der Waals surface area contributed by atoms with E-state index >= 15 is 0 Å². The van der Waals surface area contributed by atoms with Gasteiger partial charge in [0.2, 0.25) is 0 Å². The highest BCUT2D eigenvalue weighted by atomic mass is 16.5. The maximum atomic E-state index is 5.36. The van der Waals surface area contributed by atoms with E-state index in [0.29, 0.717) is 6.04 Å². The van der Waals surface area contributed by atoms with Crippen molar-refractivity contribution in [3.63, 3.8) is 0 Å². The van der Waals surface area contributed by atoms with Crippen LogP contribution in [0.4, 0.5) is 0 Å². The lowest BCUT2D eigenvalue weighted by Gasteiger charge is -2.24. The standard InChI is InChI=1S/C13H27NO/c1-3-4-5-6-12(2)14-11-13-7-9-15-10-8-13/h12-14H,3-11H2,1-2H3. The Morgan fingerprint density at radius 1 is 1.27 bits per heavy atom. The van der Waals surface area contributed by atoms with Gasteiger partial charge in [0.15, 0.2) is 0 Å². The van der Waals surface area contributed by atoms with Crippen LogP contribution in [0.15, 0.2) is 0 Å². The van der Waals surface area contributed by atoms with Gasteiger partial charge in [0.05, 0.1) is 0 Å². The van der Waals surface area contributed by atoms with Gasteiger partial charge in [-0.2, -0.15) is 0 Å². The second-order valence-electron chi connectivity index (χ2n) is 4.86. The highest BCUT2D eigenvalue weighted by molar-refractivity contribution is 4.69. The van der Waals surface area contributed by atoms with Gasteiger partial charge in [-0.3, -0.25) is 0 Å². The summed E-state index contributed by atoms with van der Waals surface area (Å²) < 4.78 is 5.36. The van der Waals surface area contributed by atoms with Gasteiger partial charge in [-0.15, -0.1) is 0 Å². The topological polar surface area (TPSA) is 21.3 Å². The van der Waals surface area contributed by atoms with E-state index in [-0.39, 0.29) is 0 Å². The maximum absolute atomic E-state index is 5.36. The van der Waals surface area contributed by atoms with Crippen molar-refractivity contribution in [3.8, 4) is 0 Å². The average molecular weight is 213 g/mol. The molecule has 1 atom stereocenters. The Balaban J connectivity index is 1.97. The van der Waals surface area contributed by atoms with Crippen LogP contribution < -0.4 is 5.32 Å². The van der Waals surface area contributed by atoms with Crippen LogP contribution in [0.3, 0.4) is 0 Å². The summed E-state index contributed by atoms with van der Waals surface area (Å²) in [6.45, 7) is 7.71. The van der Waals surface area contributed by atoms with E-state index in [4.69, 9.17) is 4.74 Å². The van der Waals surface area contributed by atoms with E-state index in [1.807, 2.05) is 0 Å². The quantitative estimate of drug-likeness (QED) is 0.656. The van der Waals surface area contributed by atoms with Gasteiger partial charge in [0, 0.05) is 19.3 Å².